The molecule has 0 radical (unpaired) electrons. The van der Waals surface area contributed by atoms with Crippen LogP contribution in [0.3, 0.4) is 0 Å². The fourth-order valence-electron chi connectivity index (χ4n) is 0.737. The molecule has 1 nitrogen and oxygen atoms in total. The molecule has 2 N–H and O–H groups in total. The summed E-state index contributed by atoms with van der Waals surface area (Å²) in [7, 11) is 0. The first-order valence-electron chi connectivity index (χ1n) is 3.60. The Morgan fingerprint density at radius 3 is 2.33 bits per heavy atom. The summed E-state index contributed by atoms with van der Waals surface area (Å²) >= 11 is 0. The van der Waals surface area contributed by atoms with E-state index in [2.05, 4.69) is 20.8 Å². The fraction of sp³-hybridized carbons (Fsp3) is 0.750. The Hall–Kier alpha value is -0.460. The highest BCUT2D eigenvalue weighted by molar-refractivity contribution is 4.84. The van der Waals surface area contributed by atoms with E-state index in [0.29, 0.717) is 5.92 Å². The molecule has 0 spiro atoms. The minimum atomic E-state index is 0.625. The molecule has 0 aliphatic carbocycles. The van der Waals surface area contributed by atoms with Crippen LogP contribution in [-0.4, -0.2) is 0 Å². The van der Waals surface area contributed by atoms with Gasteiger partial charge in [0.05, 0.1) is 0 Å². The van der Waals surface area contributed by atoms with Gasteiger partial charge in [0.25, 0.3) is 0 Å². The van der Waals surface area contributed by atoms with Gasteiger partial charge in [0.2, 0.25) is 0 Å². The Balaban J connectivity index is 3.58. The van der Waals surface area contributed by atoms with E-state index in [1.165, 1.54) is 6.42 Å². The molecular weight excluding hydrogens is 110 g/mol. The zero-order valence-electron chi connectivity index (χ0n) is 6.59. The monoisotopic (exact) mass is 127 g/mol. The summed E-state index contributed by atoms with van der Waals surface area (Å²) in [6, 6.07) is 0. The lowest BCUT2D eigenvalue weighted by molar-refractivity contribution is 0.446. The third-order valence-electron chi connectivity index (χ3n) is 1.96. The average molecular weight is 127 g/mol. The fourth-order valence-corrected chi connectivity index (χ4v) is 0.737. The molecule has 0 saturated carbocycles. The highest BCUT2D eigenvalue weighted by Crippen LogP contribution is 2.14. The first kappa shape index (κ1) is 8.54. The van der Waals surface area contributed by atoms with Gasteiger partial charge in [-0.25, -0.2) is 0 Å². The molecule has 0 aromatic rings. The lowest BCUT2D eigenvalue weighted by atomic mass is 9.94. The van der Waals surface area contributed by atoms with Crippen molar-refractivity contribution in [3.8, 4) is 0 Å². The maximum absolute atomic E-state index is 5.24. The van der Waals surface area contributed by atoms with E-state index in [1.54, 1.807) is 6.20 Å². The van der Waals surface area contributed by atoms with Crippen molar-refractivity contribution in [3.63, 3.8) is 0 Å². The van der Waals surface area contributed by atoms with Crippen LogP contribution in [0.2, 0.25) is 0 Å². The molecule has 0 aromatic heterocycles. The first-order valence-corrected chi connectivity index (χ1v) is 3.60. The van der Waals surface area contributed by atoms with Crippen LogP contribution in [0.4, 0.5) is 0 Å². The van der Waals surface area contributed by atoms with E-state index < -0.39 is 0 Å². The molecule has 9 heavy (non-hydrogen) atoms. The van der Waals surface area contributed by atoms with Crippen molar-refractivity contribution in [1.29, 1.82) is 0 Å². The third-order valence-corrected chi connectivity index (χ3v) is 1.96. The van der Waals surface area contributed by atoms with Gasteiger partial charge in [-0.1, -0.05) is 33.3 Å². The molecule has 54 valence electrons. The van der Waals surface area contributed by atoms with E-state index in [1.807, 2.05) is 6.08 Å². The number of hydrogen-bond donors (Lipinski definition) is 1. The van der Waals surface area contributed by atoms with Crippen LogP contribution in [0.15, 0.2) is 12.3 Å². The molecule has 0 bridgehead atoms. The Morgan fingerprint density at radius 2 is 2.00 bits per heavy atom. The molecule has 0 fully saturated rings. The Kier molecular flexibility index (Phi) is 4.20. The molecule has 1 unspecified atom stereocenters. The van der Waals surface area contributed by atoms with Crippen molar-refractivity contribution in [1.82, 2.24) is 0 Å². The van der Waals surface area contributed by atoms with Crippen LogP contribution in [0.5, 0.6) is 0 Å². The van der Waals surface area contributed by atoms with Gasteiger partial charge in [0.1, 0.15) is 0 Å². The molecule has 0 rings (SSSR count). The molecular formula is C8H17N. The van der Waals surface area contributed by atoms with E-state index in [-0.39, 0.29) is 0 Å². The molecule has 0 heterocycles. The summed E-state index contributed by atoms with van der Waals surface area (Å²) in [5, 5.41) is 0. The minimum Gasteiger partial charge on any atom is -0.405 e. The van der Waals surface area contributed by atoms with Crippen molar-refractivity contribution >= 4 is 0 Å². The molecule has 1 heteroatoms. The Bertz CT molecular complexity index is 86.6. The van der Waals surface area contributed by atoms with Crippen molar-refractivity contribution < 1.29 is 0 Å². The quantitative estimate of drug-likeness (QED) is 0.617. The molecule has 0 aliphatic heterocycles. The lowest BCUT2D eigenvalue weighted by Gasteiger charge is -2.12. The van der Waals surface area contributed by atoms with Gasteiger partial charge in [-0.3, -0.25) is 0 Å². The molecule has 0 amide bonds. The standard InChI is InChI=1S/C8H17N/c1-4-7(2)8(3)5-6-9/h5-8H,4,9H2,1-3H3/b6-5-/t7-,8?/m0/s1. The van der Waals surface area contributed by atoms with Gasteiger partial charge < -0.3 is 5.73 Å². The Labute approximate surface area is 57.9 Å². The van der Waals surface area contributed by atoms with Crippen molar-refractivity contribution in [2.45, 2.75) is 27.2 Å². The summed E-state index contributed by atoms with van der Waals surface area (Å²) in [6.45, 7) is 6.63. The van der Waals surface area contributed by atoms with Gasteiger partial charge in [-0.15, -0.1) is 0 Å². The molecule has 0 aliphatic rings. The first-order chi connectivity index (χ1) is 4.22. The molecule has 0 saturated heterocycles. The van der Waals surface area contributed by atoms with E-state index in [0.717, 1.165) is 5.92 Å². The number of allylic oxidation sites excluding steroid dienone is 1. The molecule has 0 aromatic carbocycles. The second-order valence-corrected chi connectivity index (χ2v) is 2.63. The maximum atomic E-state index is 5.24. The van der Waals surface area contributed by atoms with Crippen molar-refractivity contribution in [2.24, 2.45) is 17.6 Å². The van der Waals surface area contributed by atoms with Gasteiger partial charge >= 0.3 is 0 Å². The van der Waals surface area contributed by atoms with Crippen molar-refractivity contribution in [2.75, 3.05) is 0 Å². The van der Waals surface area contributed by atoms with E-state index in [9.17, 15) is 0 Å². The van der Waals surface area contributed by atoms with E-state index in [4.69, 9.17) is 5.73 Å². The predicted octanol–water partition coefficient (Wildman–Crippen LogP) is 2.14. The number of rotatable bonds is 3. The minimum absolute atomic E-state index is 0.625. The SMILES string of the molecule is CC[C@H](C)C(C)/C=C\N. The van der Waals surface area contributed by atoms with Crippen molar-refractivity contribution in [3.05, 3.63) is 12.3 Å². The normalized spacial score (nSPS) is 18.1. The average Bonchev–Trinajstić information content (AvgIpc) is 1.87. The maximum Gasteiger partial charge on any atom is -0.0100 e. The summed E-state index contributed by atoms with van der Waals surface area (Å²) in [6.07, 6.45) is 4.91. The highest BCUT2D eigenvalue weighted by atomic mass is 14.5. The van der Waals surface area contributed by atoms with Crippen LogP contribution in [0.25, 0.3) is 0 Å². The zero-order valence-corrected chi connectivity index (χ0v) is 6.59. The van der Waals surface area contributed by atoms with Crippen LogP contribution in [0.1, 0.15) is 27.2 Å². The third kappa shape index (κ3) is 3.17. The van der Waals surface area contributed by atoms with Crippen LogP contribution < -0.4 is 5.73 Å². The van der Waals surface area contributed by atoms with Gasteiger partial charge in [0, 0.05) is 0 Å². The van der Waals surface area contributed by atoms with Gasteiger partial charge in [-0.05, 0) is 18.0 Å². The predicted molar refractivity (Wildman–Crippen MR) is 41.9 cm³/mol. The second-order valence-electron chi connectivity index (χ2n) is 2.63. The van der Waals surface area contributed by atoms with Gasteiger partial charge in [0.15, 0.2) is 0 Å². The topological polar surface area (TPSA) is 26.0 Å². The smallest absolute Gasteiger partial charge is 0.0100 e. The lowest BCUT2D eigenvalue weighted by Crippen LogP contribution is -2.03. The molecule has 2 atom stereocenters. The Morgan fingerprint density at radius 1 is 1.44 bits per heavy atom. The second kappa shape index (κ2) is 4.42. The van der Waals surface area contributed by atoms with E-state index >= 15 is 0 Å². The largest absolute Gasteiger partial charge is 0.405 e. The van der Waals surface area contributed by atoms with Crippen LogP contribution >= 0.6 is 0 Å². The van der Waals surface area contributed by atoms with Gasteiger partial charge in [-0.2, -0.15) is 0 Å². The summed E-state index contributed by atoms with van der Waals surface area (Å²) in [5.41, 5.74) is 5.24. The summed E-state index contributed by atoms with van der Waals surface area (Å²) in [5.74, 6) is 1.38. The zero-order chi connectivity index (χ0) is 7.28. The highest BCUT2D eigenvalue weighted by Gasteiger charge is 2.04. The van der Waals surface area contributed by atoms with Crippen LogP contribution in [0, 0.1) is 11.8 Å². The summed E-state index contributed by atoms with van der Waals surface area (Å²) in [4.78, 5) is 0. The number of nitrogens with two attached hydrogens (primary N) is 1. The van der Waals surface area contributed by atoms with Crippen LogP contribution in [-0.2, 0) is 0 Å². The summed E-state index contributed by atoms with van der Waals surface area (Å²) < 4.78 is 0. The number of hydrogen-bond acceptors (Lipinski definition) is 1.